The molecule has 3 heterocycles. The molecule has 12 heteroatoms. The van der Waals surface area contributed by atoms with E-state index in [2.05, 4.69) is 20.7 Å². The smallest absolute Gasteiger partial charge is 0.269 e. The number of aromatic nitrogens is 2. The zero-order valence-electron chi connectivity index (χ0n) is 21.3. The van der Waals surface area contributed by atoms with Crippen LogP contribution in [-0.2, 0) is 11.3 Å². The van der Waals surface area contributed by atoms with E-state index >= 15 is 0 Å². The minimum Gasteiger partial charge on any atom is -0.477 e. The van der Waals surface area contributed by atoms with Crippen molar-refractivity contribution in [3.63, 3.8) is 0 Å². The molecule has 0 unspecified atom stereocenters. The van der Waals surface area contributed by atoms with Crippen molar-refractivity contribution in [2.75, 3.05) is 18.5 Å². The Hall–Kier alpha value is -4.97. The summed E-state index contributed by atoms with van der Waals surface area (Å²) < 4.78 is 51.5. The summed E-state index contributed by atoms with van der Waals surface area (Å²) in [6, 6.07) is 16.2. The normalized spacial score (nSPS) is 17.9. The van der Waals surface area contributed by atoms with Crippen LogP contribution in [-0.4, -0.2) is 51.8 Å². The van der Waals surface area contributed by atoms with Crippen LogP contribution >= 0.6 is 0 Å². The molecule has 3 aromatic carbocycles. The van der Waals surface area contributed by atoms with Crippen LogP contribution in [0.4, 0.5) is 18.9 Å². The van der Waals surface area contributed by atoms with E-state index < -0.39 is 41.0 Å². The van der Waals surface area contributed by atoms with Gasteiger partial charge in [-0.2, -0.15) is 5.10 Å². The van der Waals surface area contributed by atoms with Crippen molar-refractivity contribution in [3.8, 4) is 17.1 Å². The van der Waals surface area contributed by atoms with Crippen molar-refractivity contribution in [2.45, 2.75) is 12.7 Å². The summed E-state index contributed by atoms with van der Waals surface area (Å²) in [5.74, 6) is -4.85. The Labute approximate surface area is 231 Å². The van der Waals surface area contributed by atoms with Crippen LogP contribution < -0.4 is 15.4 Å². The number of hydrogen-bond acceptors (Lipinski definition) is 6. The van der Waals surface area contributed by atoms with Crippen LogP contribution in [0.1, 0.15) is 21.5 Å². The molecule has 41 heavy (non-hydrogen) atoms. The number of ether oxygens (including phenoxy) is 1. The Morgan fingerprint density at radius 2 is 1.73 bits per heavy atom. The van der Waals surface area contributed by atoms with Gasteiger partial charge in [-0.05, 0) is 18.2 Å². The number of carbonyl (C=O) groups excluding carboxylic acids is 2. The van der Waals surface area contributed by atoms with E-state index in [4.69, 9.17) is 4.74 Å². The van der Waals surface area contributed by atoms with Gasteiger partial charge in [0.15, 0.2) is 0 Å². The lowest BCUT2D eigenvalue weighted by atomic mass is 10.0. The molecule has 0 fully saturated rings. The molecular formula is C29H22F3N5O4. The molecule has 1 aromatic heterocycles. The lowest BCUT2D eigenvalue weighted by Gasteiger charge is -2.23. The highest BCUT2D eigenvalue weighted by Crippen LogP contribution is 2.36. The lowest BCUT2D eigenvalue weighted by molar-refractivity contribution is -0.117. The molecule has 0 radical (unpaired) electrons. The number of aliphatic hydroxyl groups is 1. The van der Waals surface area contributed by atoms with Crippen LogP contribution in [0.25, 0.3) is 11.3 Å². The van der Waals surface area contributed by atoms with Crippen LogP contribution in [0.3, 0.4) is 0 Å². The summed E-state index contributed by atoms with van der Waals surface area (Å²) in [7, 11) is 0. The first-order valence-corrected chi connectivity index (χ1v) is 12.7. The first-order valence-electron chi connectivity index (χ1n) is 12.7. The molecule has 2 aliphatic rings. The molecule has 2 aliphatic heterocycles. The van der Waals surface area contributed by atoms with E-state index in [0.717, 1.165) is 12.1 Å². The zero-order valence-corrected chi connectivity index (χ0v) is 21.3. The minimum atomic E-state index is -1.56. The van der Waals surface area contributed by atoms with Gasteiger partial charge in [-0.3, -0.25) is 9.59 Å². The fourth-order valence-corrected chi connectivity index (χ4v) is 4.84. The standard InChI is InChI=1S/C29H22F3N5O4/c30-18-9-5-10-19(31)21(18)25-22(29-37(36-25)12-15(13-38)14-41-29)27(39)35-26-28(40)34-24-17(8-4-11-20(24)32)23(33-26)16-6-2-1-3-7-16/h1-11,15,26,38H,12-14H2,(H,34,40)(H,35,39)/t15-,26+/m0/s1. The van der Waals surface area contributed by atoms with Gasteiger partial charge in [-0.1, -0.05) is 48.5 Å². The molecule has 208 valence electrons. The van der Waals surface area contributed by atoms with E-state index in [-0.39, 0.29) is 54.2 Å². The van der Waals surface area contributed by atoms with Crippen LogP contribution in [0.5, 0.6) is 5.88 Å². The van der Waals surface area contributed by atoms with Gasteiger partial charge in [0.25, 0.3) is 11.8 Å². The fraction of sp³-hybridized carbons (Fsp3) is 0.172. The Kier molecular flexibility index (Phi) is 6.75. The van der Waals surface area contributed by atoms with E-state index in [9.17, 15) is 27.9 Å². The van der Waals surface area contributed by atoms with E-state index in [1.165, 1.54) is 22.9 Å². The minimum absolute atomic E-state index is 0.0243. The number of anilines is 1. The number of hydrogen-bond donors (Lipinski definition) is 3. The van der Waals surface area contributed by atoms with Crippen molar-refractivity contribution in [1.29, 1.82) is 0 Å². The molecule has 0 aliphatic carbocycles. The third-order valence-electron chi connectivity index (χ3n) is 6.82. The predicted octanol–water partition coefficient (Wildman–Crippen LogP) is 3.51. The second-order valence-corrected chi connectivity index (χ2v) is 9.54. The SMILES string of the molecule is O=C(N[C@H]1N=C(c2ccccc2)c2cccc(F)c2NC1=O)c1c(-c2c(F)cccc2F)nn2c1OC[C@H](CO)C2. The van der Waals surface area contributed by atoms with Crippen LogP contribution in [0.15, 0.2) is 71.7 Å². The number of halogens is 3. The maximum absolute atomic E-state index is 14.9. The highest BCUT2D eigenvalue weighted by Gasteiger charge is 2.36. The van der Waals surface area contributed by atoms with Gasteiger partial charge < -0.3 is 20.5 Å². The molecule has 0 bridgehead atoms. The summed E-state index contributed by atoms with van der Waals surface area (Å²) in [6.07, 6.45) is -1.56. The molecule has 2 atom stereocenters. The number of nitrogens with zero attached hydrogens (tertiary/aromatic N) is 3. The molecular weight excluding hydrogens is 539 g/mol. The van der Waals surface area contributed by atoms with Gasteiger partial charge in [0.1, 0.15) is 28.7 Å². The van der Waals surface area contributed by atoms with Crippen molar-refractivity contribution in [3.05, 3.63) is 101 Å². The molecule has 0 saturated carbocycles. The summed E-state index contributed by atoms with van der Waals surface area (Å²) in [5.41, 5.74) is -0.223. The zero-order chi connectivity index (χ0) is 28.7. The summed E-state index contributed by atoms with van der Waals surface area (Å²) >= 11 is 0. The number of nitrogens with one attached hydrogen (secondary N) is 2. The maximum atomic E-state index is 14.9. The molecule has 0 spiro atoms. The first kappa shape index (κ1) is 26.3. The Morgan fingerprint density at radius 1 is 1.02 bits per heavy atom. The van der Waals surface area contributed by atoms with Gasteiger partial charge in [0.05, 0.1) is 36.7 Å². The van der Waals surface area contributed by atoms with Gasteiger partial charge in [-0.15, -0.1) is 0 Å². The molecule has 4 aromatic rings. The highest BCUT2D eigenvalue weighted by molar-refractivity contribution is 6.20. The molecule has 2 amide bonds. The van der Waals surface area contributed by atoms with E-state index in [0.29, 0.717) is 11.1 Å². The number of benzodiazepines with no additional fused rings is 1. The quantitative estimate of drug-likeness (QED) is 0.345. The monoisotopic (exact) mass is 561 g/mol. The number of rotatable bonds is 5. The van der Waals surface area contributed by atoms with Crippen molar-refractivity contribution < 1.29 is 32.6 Å². The second kappa shape index (κ2) is 10.5. The first-order chi connectivity index (χ1) is 19.9. The third kappa shape index (κ3) is 4.72. The predicted molar refractivity (Wildman–Crippen MR) is 142 cm³/mol. The van der Waals surface area contributed by atoms with Gasteiger partial charge in [0, 0.05) is 17.0 Å². The van der Waals surface area contributed by atoms with E-state index in [1.54, 1.807) is 36.4 Å². The largest absolute Gasteiger partial charge is 0.477 e. The van der Waals surface area contributed by atoms with Gasteiger partial charge in [-0.25, -0.2) is 22.8 Å². The number of aliphatic imine (C=N–C) groups is 1. The second-order valence-electron chi connectivity index (χ2n) is 9.54. The fourth-order valence-electron chi connectivity index (χ4n) is 4.84. The molecule has 9 nitrogen and oxygen atoms in total. The Balaban J connectivity index is 1.45. The van der Waals surface area contributed by atoms with E-state index in [1.807, 2.05) is 0 Å². The number of amides is 2. The maximum Gasteiger partial charge on any atom is 0.269 e. The lowest BCUT2D eigenvalue weighted by Crippen LogP contribution is -2.42. The highest BCUT2D eigenvalue weighted by atomic mass is 19.1. The van der Waals surface area contributed by atoms with Crippen molar-refractivity contribution >= 4 is 23.2 Å². The summed E-state index contributed by atoms with van der Waals surface area (Å²) in [5, 5.41) is 18.8. The Morgan fingerprint density at radius 3 is 2.46 bits per heavy atom. The van der Waals surface area contributed by atoms with Gasteiger partial charge in [0.2, 0.25) is 12.0 Å². The number of benzene rings is 3. The number of fused-ring (bicyclic) bond motifs is 2. The Bertz CT molecular complexity index is 1690. The van der Waals surface area contributed by atoms with Gasteiger partial charge >= 0.3 is 0 Å². The number of carbonyl (C=O) groups is 2. The molecule has 3 N–H and O–H groups in total. The molecule has 6 rings (SSSR count). The van der Waals surface area contributed by atoms with Crippen molar-refractivity contribution in [1.82, 2.24) is 15.1 Å². The van der Waals surface area contributed by atoms with Crippen LogP contribution in [0.2, 0.25) is 0 Å². The topological polar surface area (TPSA) is 118 Å². The average Bonchev–Trinajstić information content (AvgIpc) is 3.27. The van der Waals surface area contributed by atoms with Crippen LogP contribution in [0, 0.1) is 23.4 Å². The summed E-state index contributed by atoms with van der Waals surface area (Å²) in [6.45, 7) is -0.0893. The molecule has 0 saturated heterocycles. The third-order valence-corrected chi connectivity index (χ3v) is 6.82. The number of aliphatic hydroxyl groups excluding tert-OH is 1. The average molecular weight is 562 g/mol. The summed E-state index contributed by atoms with van der Waals surface area (Å²) in [4.78, 5) is 31.5. The van der Waals surface area contributed by atoms with Crippen molar-refractivity contribution in [2.24, 2.45) is 10.9 Å². The number of para-hydroxylation sites is 1.